The molecule has 0 spiro atoms. The first-order chi connectivity index (χ1) is 8.76. The van der Waals surface area contributed by atoms with Gasteiger partial charge in [0.25, 0.3) is 0 Å². The van der Waals surface area contributed by atoms with E-state index in [1.165, 1.54) is 6.08 Å². The molecule has 18 heavy (non-hydrogen) atoms. The maximum atomic E-state index is 10.1. The molecule has 0 aromatic heterocycles. The minimum atomic E-state index is 0.396. The summed E-state index contributed by atoms with van der Waals surface area (Å²) in [4.78, 5) is 13.6. The second kappa shape index (κ2) is 8.55. The van der Waals surface area contributed by atoms with Crippen LogP contribution in [0.15, 0.2) is 29.3 Å². The van der Waals surface area contributed by atoms with Crippen molar-refractivity contribution in [3.63, 3.8) is 0 Å². The summed E-state index contributed by atoms with van der Waals surface area (Å²) in [6.45, 7) is 5.28. The van der Waals surface area contributed by atoms with Crippen molar-refractivity contribution in [3.8, 4) is 0 Å². The average Bonchev–Trinajstić information content (AvgIpc) is 2.39. The van der Waals surface area contributed by atoms with Gasteiger partial charge in [-0.2, -0.15) is 4.99 Å². The topological polar surface area (TPSA) is 79.5 Å². The SMILES string of the molecule is CC(CNCc1ccc(N=C=O)cc1)NCCN. The molecule has 0 aliphatic carbocycles. The number of isocyanates is 1. The number of hydrogen-bond donors (Lipinski definition) is 3. The molecule has 0 saturated heterocycles. The molecule has 0 aliphatic rings. The molecule has 0 bridgehead atoms. The Bertz CT molecular complexity index is 384. The molecule has 1 aromatic rings. The zero-order valence-electron chi connectivity index (χ0n) is 10.6. The van der Waals surface area contributed by atoms with Gasteiger partial charge in [-0.05, 0) is 24.6 Å². The van der Waals surface area contributed by atoms with Crippen LogP contribution in [0.4, 0.5) is 5.69 Å². The maximum absolute atomic E-state index is 10.1. The monoisotopic (exact) mass is 248 g/mol. The lowest BCUT2D eigenvalue weighted by Crippen LogP contribution is -2.38. The van der Waals surface area contributed by atoms with Crippen LogP contribution in [0.3, 0.4) is 0 Å². The Labute approximate surface area is 107 Å². The molecule has 0 aliphatic heterocycles. The first kappa shape index (κ1) is 14.5. The fraction of sp³-hybridized carbons (Fsp3) is 0.462. The van der Waals surface area contributed by atoms with E-state index >= 15 is 0 Å². The van der Waals surface area contributed by atoms with Crippen LogP contribution in [0.25, 0.3) is 0 Å². The molecule has 1 rings (SSSR count). The van der Waals surface area contributed by atoms with E-state index in [-0.39, 0.29) is 0 Å². The Hall–Kier alpha value is -1.52. The molecule has 1 unspecified atom stereocenters. The van der Waals surface area contributed by atoms with Crippen molar-refractivity contribution in [1.29, 1.82) is 0 Å². The van der Waals surface area contributed by atoms with Crippen LogP contribution >= 0.6 is 0 Å². The van der Waals surface area contributed by atoms with Crippen LogP contribution < -0.4 is 16.4 Å². The van der Waals surface area contributed by atoms with Gasteiger partial charge >= 0.3 is 0 Å². The molecule has 0 fully saturated rings. The van der Waals surface area contributed by atoms with Crippen LogP contribution in [0.2, 0.25) is 0 Å². The minimum absolute atomic E-state index is 0.396. The molecular formula is C13H20N4O. The fourth-order valence-electron chi connectivity index (χ4n) is 1.58. The number of benzene rings is 1. The first-order valence-electron chi connectivity index (χ1n) is 6.07. The Kier molecular flexibility index (Phi) is 6.91. The van der Waals surface area contributed by atoms with Gasteiger partial charge in [-0.15, -0.1) is 0 Å². The standard InChI is InChI=1S/C13H20N4O/c1-11(16-7-6-14)8-15-9-12-2-4-13(5-3-12)17-10-18/h2-5,11,15-16H,6-9,14H2,1H3. The number of nitrogens with two attached hydrogens (primary N) is 1. The van der Waals surface area contributed by atoms with E-state index in [1.807, 2.05) is 12.1 Å². The number of nitrogens with zero attached hydrogens (tertiary/aromatic N) is 1. The van der Waals surface area contributed by atoms with Gasteiger partial charge in [-0.1, -0.05) is 12.1 Å². The lowest BCUT2D eigenvalue weighted by Gasteiger charge is -2.14. The molecule has 4 N–H and O–H groups in total. The summed E-state index contributed by atoms with van der Waals surface area (Å²) in [6.07, 6.45) is 1.52. The summed E-state index contributed by atoms with van der Waals surface area (Å²) in [5.41, 5.74) is 7.21. The molecule has 1 atom stereocenters. The van der Waals surface area contributed by atoms with Gasteiger partial charge in [0.05, 0.1) is 5.69 Å². The van der Waals surface area contributed by atoms with E-state index in [2.05, 4.69) is 22.5 Å². The molecular weight excluding hydrogens is 228 g/mol. The van der Waals surface area contributed by atoms with Crippen molar-refractivity contribution >= 4 is 11.8 Å². The van der Waals surface area contributed by atoms with Crippen LogP contribution in [0, 0.1) is 0 Å². The predicted molar refractivity (Wildman–Crippen MR) is 72.4 cm³/mol. The second-order valence-corrected chi connectivity index (χ2v) is 4.14. The lowest BCUT2D eigenvalue weighted by atomic mass is 10.2. The minimum Gasteiger partial charge on any atom is -0.329 e. The summed E-state index contributed by atoms with van der Waals surface area (Å²) in [7, 11) is 0. The number of hydrogen-bond acceptors (Lipinski definition) is 5. The van der Waals surface area contributed by atoms with Gasteiger partial charge in [0, 0.05) is 32.2 Å². The molecule has 5 nitrogen and oxygen atoms in total. The normalized spacial score (nSPS) is 11.9. The van der Waals surface area contributed by atoms with E-state index in [4.69, 9.17) is 5.73 Å². The summed E-state index contributed by atoms with van der Waals surface area (Å²) in [6, 6.07) is 7.89. The molecule has 0 saturated carbocycles. The van der Waals surface area contributed by atoms with Crippen molar-refractivity contribution in [3.05, 3.63) is 29.8 Å². The molecule has 0 heterocycles. The Morgan fingerprint density at radius 3 is 2.72 bits per heavy atom. The molecule has 0 amide bonds. The highest BCUT2D eigenvalue weighted by Crippen LogP contribution is 2.11. The quantitative estimate of drug-likeness (QED) is 0.467. The molecule has 98 valence electrons. The van der Waals surface area contributed by atoms with Crippen LogP contribution in [-0.2, 0) is 11.3 Å². The average molecular weight is 248 g/mol. The Balaban J connectivity index is 2.28. The van der Waals surface area contributed by atoms with E-state index in [1.54, 1.807) is 12.1 Å². The highest BCUT2D eigenvalue weighted by Gasteiger charge is 1.99. The van der Waals surface area contributed by atoms with Crippen molar-refractivity contribution in [1.82, 2.24) is 10.6 Å². The van der Waals surface area contributed by atoms with Gasteiger partial charge in [0.2, 0.25) is 6.08 Å². The zero-order chi connectivity index (χ0) is 13.2. The maximum Gasteiger partial charge on any atom is 0.240 e. The Morgan fingerprint density at radius 1 is 1.39 bits per heavy atom. The summed E-state index contributed by atoms with van der Waals surface area (Å²) < 4.78 is 0. The van der Waals surface area contributed by atoms with Crippen LogP contribution in [0.5, 0.6) is 0 Å². The zero-order valence-corrected chi connectivity index (χ0v) is 10.6. The molecule has 5 heteroatoms. The second-order valence-electron chi connectivity index (χ2n) is 4.14. The summed E-state index contributed by atoms with van der Waals surface area (Å²) in [5, 5.41) is 6.65. The smallest absolute Gasteiger partial charge is 0.240 e. The van der Waals surface area contributed by atoms with Gasteiger partial charge in [0.1, 0.15) is 0 Å². The fourth-order valence-corrected chi connectivity index (χ4v) is 1.58. The van der Waals surface area contributed by atoms with Gasteiger partial charge < -0.3 is 16.4 Å². The van der Waals surface area contributed by atoms with Crippen LogP contribution in [-0.4, -0.2) is 31.8 Å². The highest BCUT2D eigenvalue weighted by atomic mass is 16.1. The first-order valence-corrected chi connectivity index (χ1v) is 6.07. The van der Waals surface area contributed by atoms with Crippen LogP contribution in [0.1, 0.15) is 12.5 Å². The number of carbonyl (C=O) groups excluding carboxylic acids is 1. The van der Waals surface area contributed by atoms with Gasteiger partial charge in [-0.3, -0.25) is 0 Å². The van der Waals surface area contributed by atoms with Crippen molar-refractivity contribution < 1.29 is 4.79 Å². The van der Waals surface area contributed by atoms with Crippen molar-refractivity contribution in [2.45, 2.75) is 19.5 Å². The van der Waals surface area contributed by atoms with Gasteiger partial charge in [0.15, 0.2) is 0 Å². The summed E-state index contributed by atoms with van der Waals surface area (Å²) >= 11 is 0. The van der Waals surface area contributed by atoms with E-state index in [9.17, 15) is 4.79 Å². The molecule has 1 aromatic carbocycles. The van der Waals surface area contributed by atoms with E-state index in [0.717, 1.165) is 25.2 Å². The number of rotatable bonds is 8. The van der Waals surface area contributed by atoms with Gasteiger partial charge in [-0.25, -0.2) is 4.79 Å². The number of aliphatic imine (C=N–C) groups is 1. The number of nitrogens with one attached hydrogen (secondary N) is 2. The van der Waals surface area contributed by atoms with Crippen molar-refractivity contribution in [2.75, 3.05) is 19.6 Å². The van der Waals surface area contributed by atoms with E-state index in [0.29, 0.717) is 18.3 Å². The largest absolute Gasteiger partial charge is 0.329 e. The predicted octanol–water partition coefficient (Wildman–Crippen LogP) is 0.680. The third kappa shape index (κ3) is 5.70. The third-order valence-electron chi connectivity index (χ3n) is 2.53. The lowest BCUT2D eigenvalue weighted by molar-refractivity contribution is 0.507. The molecule has 0 radical (unpaired) electrons. The Morgan fingerprint density at radius 2 is 2.11 bits per heavy atom. The van der Waals surface area contributed by atoms with Crippen molar-refractivity contribution in [2.24, 2.45) is 10.7 Å². The summed E-state index contributed by atoms with van der Waals surface area (Å²) in [5.74, 6) is 0. The third-order valence-corrected chi connectivity index (χ3v) is 2.53. The van der Waals surface area contributed by atoms with E-state index < -0.39 is 0 Å². The highest BCUT2D eigenvalue weighted by molar-refractivity contribution is 5.49.